The Kier molecular flexibility index (Phi) is 11.7. The van der Waals surface area contributed by atoms with Gasteiger partial charge < -0.3 is 43.8 Å². The number of aromatic nitrogens is 4. The van der Waals surface area contributed by atoms with E-state index in [0.717, 1.165) is 29.1 Å². The molecule has 6 rings (SSSR count). The Morgan fingerprint density at radius 2 is 1.19 bits per heavy atom. The lowest BCUT2D eigenvalue weighted by atomic mass is 10.1. The third-order valence-corrected chi connectivity index (χ3v) is 12.0. The van der Waals surface area contributed by atoms with Crippen LogP contribution < -0.4 is 22.5 Å². The van der Waals surface area contributed by atoms with Gasteiger partial charge in [0.2, 0.25) is 6.29 Å². The van der Waals surface area contributed by atoms with Crippen LogP contribution in [0.15, 0.2) is 74.0 Å². The first kappa shape index (κ1) is 40.0. The van der Waals surface area contributed by atoms with Gasteiger partial charge >= 0.3 is 34.8 Å². The van der Waals surface area contributed by atoms with E-state index in [2.05, 4.69) is 25.0 Å². The number of nitrogens with one attached hydrogen (secondary N) is 2. The molecule has 292 valence electrons. The van der Waals surface area contributed by atoms with Crippen molar-refractivity contribution >= 4 is 23.5 Å². The zero-order chi connectivity index (χ0) is 39.0. The van der Waals surface area contributed by atoms with Gasteiger partial charge in [0.05, 0.1) is 13.2 Å². The monoisotopic (exact) mass is 822 g/mol. The largest absolute Gasteiger partial charge is 0.490 e. The minimum absolute atomic E-state index is 0.607. The van der Waals surface area contributed by atoms with Crippen molar-refractivity contribution in [2.75, 3.05) is 13.2 Å². The molecule has 3 aromatic rings. The molecule has 27 heteroatoms. The van der Waals surface area contributed by atoms with E-state index in [9.17, 15) is 57.8 Å². The fourth-order valence-corrected chi connectivity index (χ4v) is 8.96. The molecule has 3 fully saturated rings. The van der Waals surface area contributed by atoms with Crippen molar-refractivity contribution in [3.05, 3.63) is 102 Å². The summed E-state index contributed by atoms with van der Waals surface area (Å²) in [5, 5.41) is 20.6. The Hall–Kier alpha value is -3.69. The molecule has 7 N–H and O–H groups in total. The number of H-pyrrole nitrogens is 2. The van der Waals surface area contributed by atoms with Gasteiger partial charge in [-0.3, -0.25) is 37.7 Å². The van der Waals surface area contributed by atoms with E-state index in [-0.39, 0.29) is 0 Å². The normalized spacial score (nSPS) is 31.1. The molecule has 12 atom stereocenters. The number of benzene rings is 1. The number of phosphoric acid groups is 3. The molecule has 2 aromatic heterocycles. The smallest absolute Gasteiger partial charge is 0.387 e. The van der Waals surface area contributed by atoms with Gasteiger partial charge in [-0.25, -0.2) is 23.3 Å². The van der Waals surface area contributed by atoms with Crippen molar-refractivity contribution < 1.29 is 75.2 Å². The van der Waals surface area contributed by atoms with Gasteiger partial charge in [0.1, 0.15) is 36.6 Å². The van der Waals surface area contributed by atoms with Crippen LogP contribution in [0.25, 0.3) is 0 Å². The van der Waals surface area contributed by atoms with Gasteiger partial charge in [0, 0.05) is 30.1 Å². The van der Waals surface area contributed by atoms with E-state index < -0.39 is 115 Å². The molecule has 5 heterocycles. The van der Waals surface area contributed by atoms with Gasteiger partial charge in [-0.05, 0) is 18.1 Å². The summed E-state index contributed by atoms with van der Waals surface area (Å²) in [4.78, 5) is 81.7. The van der Waals surface area contributed by atoms with Crippen molar-refractivity contribution in [3.8, 4) is 11.8 Å². The van der Waals surface area contributed by atoms with Crippen molar-refractivity contribution in [3.63, 3.8) is 0 Å². The quantitative estimate of drug-likeness (QED) is 0.0777. The van der Waals surface area contributed by atoms with Crippen molar-refractivity contribution in [2.45, 2.75) is 55.4 Å². The summed E-state index contributed by atoms with van der Waals surface area (Å²) >= 11 is 0. The van der Waals surface area contributed by atoms with Gasteiger partial charge in [0.15, 0.2) is 12.5 Å². The minimum Gasteiger partial charge on any atom is -0.387 e. The number of aliphatic hydroxyl groups is 2. The van der Waals surface area contributed by atoms with Gasteiger partial charge in [-0.2, -0.15) is 8.62 Å². The molecule has 54 heavy (non-hydrogen) atoms. The van der Waals surface area contributed by atoms with Crippen LogP contribution in [-0.4, -0.2) is 100 Å². The third kappa shape index (κ3) is 9.39. The Labute approximate surface area is 300 Å². The number of hydrogen-bond acceptors (Lipinski definition) is 17. The van der Waals surface area contributed by atoms with Gasteiger partial charge in [-0.1, -0.05) is 24.1 Å². The predicted octanol–water partition coefficient (Wildman–Crippen LogP) is -1.87. The lowest BCUT2D eigenvalue weighted by Gasteiger charge is -2.22. The Bertz CT molecular complexity index is 2300. The fraction of sp³-hybridized carbons (Fsp3) is 0.407. The molecule has 1 aromatic carbocycles. The van der Waals surface area contributed by atoms with Crippen LogP contribution in [0.2, 0.25) is 0 Å². The standard InChI is InChI=1S/C27H29N4O20P3/c32-17-8-10-30(26(36)28-17)24-21(35)20(34)15(46-24)12-44-52(38,39)50-54(42,43)51-53(40,41)45-13-16-22-23(25(47-16)31-11-9-18(33)29-27(31)37)49-19(48-22)7-6-14-4-2-1-3-5-14/h1-5,8-11,15-16,19-25,34-35H,12-13H2,(H,38,39)(H,40,41)(H,42,43)(H,28,32,36)(H,29,33,37)/t15-,16-,19?,20-,21-,22+,23+,24-,25-/m1/s1. The average molecular weight is 822 g/mol. The van der Waals surface area contributed by atoms with Crippen LogP contribution in [0.4, 0.5) is 0 Å². The Morgan fingerprint density at radius 1 is 0.667 bits per heavy atom. The van der Waals surface area contributed by atoms with Crippen molar-refractivity contribution in [1.82, 2.24) is 19.1 Å². The zero-order valence-corrected chi connectivity index (χ0v) is 29.6. The first-order valence-corrected chi connectivity index (χ1v) is 19.8. The molecule has 0 aliphatic carbocycles. The number of nitrogens with zero attached hydrogens (tertiary/aromatic N) is 2. The molecular weight excluding hydrogens is 793 g/mol. The summed E-state index contributed by atoms with van der Waals surface area (Å²) in [6.07, 6.45) is -11.1. The van der Waals surface area contributed by atoms with Crippen LogP contribution in [0, 0.1) is 11.8 Å². The molecule has 24 nitrogen and oxygen atoms in total. The lowest BCUT2D eigenvalue weighted by Crippen LogP contribution is -2.37. The molecule has 3 aliphatic rings. The number of fused-ring (bicyclic) bond motifs is 1. The molecule has 0 spiro atoms. The molecule has 0 bridgehead atoms. The molecule has 4 unspecified atom stereocenters. The maximum Gasteiger partial charge on any atom is 0.490 e. The summed E-state index contributed by atoms with van der Waals surface area (Å²) < 4.78 is 79.6. The van der Waals surface area contributed by atoms with Crippen LogP contribution in [0.1, 0.15) is 18.0 Å². The highest BCUT2D eigenvalue weighted by atomic mass is 31.3. The summed E-state index contributed by atoms with van der Waals surface area (Å²) in [5.41, 5.74) is -2.83. The fourth-order valence-electron chi connectivity index (χ4n) is 5.43. The van der Waals surface area contributed by atoms with E-state index in [1.165, 1.54) is 0 Å². The highest BCUT2D eigenvalue weighted by Crippen LogP contribution is 2.68. The number of hydrogen-bond donors (Lipinski definition) is 7. The van der Waals surface area contributed by atoms with E-state index in [1.54, 1.807) is 30.3 Å². The second-order valence-electron chi connectivity index (χ2n) is 11.5. The van der Waals surface area contributed by atoms with Gasteiger partial charge in [0.25, 0.3) is 11.1 Å². The highest BCUT2D eigenvalue weighted by molar-refractivity contribution is 7.66. The molecule has 0 amide bonds. The van der Waals surface area contributed by atoms with E-state index in [4.69, 9.17) is 23.5 Å². The van der Waals surface area contributed by atoms with Crippen molar-refractivity contribution in [1.29, 1.82) is 0 Å². The number of ether oxygens (including phenoxy) is 4. The second kappa shape index (κ2) is 15.8. The Morgan fingerprint density at radius 3 is 1.76 bits per heavy atom. The van der Waals surface area contributed by atoms with Crippen LogP contribution in [0.5, 0.6) is 0 Å². The van der Waals surface area contributed by atoms with Crippen molar-refractivity contribution in [2.24, 2.45) is 0 Å². The minimum atomic E-state index is -6.00. The van der Waals surface area contributed by atoms with E-state index >= 15 is 0 Å². The highest BCUT2D eigenvalue weighted by Gasteiger charge is 2.54. The summed E-state index contributed by atoms with van der Waals surface area (Å²) in [5.74, 6) is 5.58. The maximum atomic E-state index is 12.7. The van der Waals surface area contributed by atoms with Crippen LogP contribution >= 0.6 is 23.5 Å². The summed E-state index contributed by atoms with van der Waals surface area (Å²) in [7, 11) is -17.4. The first-order valence-electron chi connectivity index (χ1n) is 15.3. The second-order valence-corrected chi connectivity index (χ2v) is 16.1. The summed E-state index contributed by atoms with van der Waals surface area (Å²) in [6.45, 7) is -2.06. The number of aliphatic hydroxyl groups excluding tert-OH is 2. The first-order chi connectivity index (χ1) is 25.4. The molecule has 0 saturated carbocycles. The molecule has 3 aliphatic heterocycles. The molecule has 3 saturated heterocycles. The van der Waals surface area contributed by atoms with E-state index in [0.29, 0.717) is 10.1 Å². The SMILES string of the molecule is O=c1ccn([C@@H]2O[C@H](COP(=O)(O)OP(=O)(O)OP(=O)(O)OC[C@H]3O[C@@H](n4ccc(=O)[nH]c4=O)[C@H]4OC(C#Cc5ccccc5)O[C@H]43)[C@@H](O)[C@H]2O)c(=O)[nH]1. The summed E-state index contributed by atoms with van der Waals surface area (Å²) in [6, 6.07) is 10.6. The number of phosphoric ester groups is 2. The van der Waals surface area contributed by atoms with Crippen LogP contribution in [0.3, 0.4) is 0 Å². The Balaban J connectivity index is 1.07. The number of aromatic amines is 2. The van der Waals surface area contributed by atoms with E-state index in [1.807, 2.05) is 9.97 Å². The van der Waals surface area contributed by atoms with Gasteiger partial charge in [-0.15, -0.1) is 0 Å². The maximum absolute atomic E-state index is 12.7. The molecular formula is C27H29N4O20P3. The number of rotatable bonds is 12. The zero-order valence-electron chi connectivity index (χ0n) is 26.9. The topological polar surface area (TPSA) is 336 Å². The predicted molar refractivity (Wildman–Crippen MR) is 173 cm³/mol. The molecule has 0 radical (unpaired) electrons. The lowest BCUT2D eigenvalue weighted by molar-refractivity contribution is -0.131. The average Bonchev–Trinajstić information content (AvgIpc) is 3.73. The third-order valence-electron chi connectivity index (χ3n) is 7.76. The van der Waals surface area contributed by atoms with Crippen LogP contribution in [-0.2, 0) is 50.3 Å².